The molecule has 0 aliphatic heterocycles. The quantitative estimate of drug-likeness (QED) is 0.358. The number of benzene rings is 3. The minimum Gasteiger partial charge on any atom is -0.489 e. The van der Waals surface area contributed by atoms with Crippen LogP contribution >= 0.6 is 0 Å². The molecule has 0 aliphatic carbocycles. The van der Waals surface area contributed by atoms with Crippen LogP contribution in [0.15, 0.2) is 71.8 Å². The van der Waals surface area contributed by atoms with Crippen molar-refractivity contribution in [2.24, 2.45) is 5.10 Å². The largest absolute Gasteiger partial charge is 0.489 e. The summed E-state index contributed by atoms with van der Waals surface area (Å²) < 4.78 is 5.77. The number of hydrazone groups is 1. The second-order valence-corrected chi connectivity index (χ2v) is 7.26. The Hall–Kier alpha value is -3.93. The Morgan fingerprint density at radius 1 is 0.871 bits per heavy atom. The van der Waals surface area contributed by atoms with E-state index in [9.17, 15) is 9.59 Å². The van der Waals surface area contributed by atoms with Gasteiger partial charge in [-0.2, -0.15) is 5.10 Å². The number of nitrogens with zero attached hydrogens (tertiary/aromatic N) is 1. The van der Waals surface area contributed by atoms with E-state index in [4.69, 9.17) is 4.74 Å². The average Bonchev–Trinajstić information content (AvgIpc) is 2.76. The van der Waals surface area contributed by atoms with Crippen LogP contribution < -0.4 is 15.5 Å². The molecule has 0 radical (unpaired) electrons. The summed E-state index contributed by atoms with van der Waals surface area (Å²) in [6.07, 6.45) is 1.47. The van der Waals surface area contributed by atoms with E-state index in [0.29, 0.717) is 12.3 Å². The first-order valence-corrected chi connectivity index (χ1v) is 9.91. The smallest absolute Gasteiger partial charge is 0.329 e. The lowest BCUT2D eigenvalue weighted by atomic mass is 10.1. The molecule has 0 fully saturated rings. The predicted molar refractivity (Wildman–Crippen MR) is 122 cm³/mol. The van der Waals surface area contributed by atoms with Gasteiger partial charge in [0.15, 0.2) is 0 Å². The topological polar surface area (TPSA) is 79.8 Å². The van der Waals surface area contributed by atoms with Crippen molar-refractivity contribution in [2.75, 3.05) is 5.32 Å². The van der Waals surface area contributed by atoms with Gasteiger partial charge in [-0.25, -0.2) is 5.43 Å². The van der Waals surface area contributed by atoms with Gasteiger partial charge >= 0.3 is 11.8 Å². The highest BCUT2D eigenvalue weighted by molar-refractivity contribution is 6.39. The normalized spacial score (nSPS) is 10.7. The van der Waals surface area contributed by atoms with E-state index in [0.717, 1.165) is 28.0 Å². The number of ether oxygens (including phenoxy) is 1. The third kappa shape index (κ3) is 6.27. The Labute approximate surface area is 182 Å². The number of amides is 2. The zero-order valence-electron chi connectivity index (χ0n) is 17.8. The van der Waals surface area contributed by atoms with Crippen LogP contribution in [0.5, 0.6) is 5.75 Å². The lowest BCUT2D eigenvalue weighted by Gasteiger charge is -2.10. The van der Waals surface area contributed by atoms with Gasteiger partial charge in [-0.3, -0.25) is 9.59 Å². The minimum absolute atomic E-state index is 0.485. The number of anilines is 1. The predicted octanol–water partition coefficient (Wildman–Crippen LogP) is 4.28. The van der Waals surface area contributed by atoms with Gasteiger partial charge in [0, 0.05) is 5.69 Å². The van der Waals surface area contributed by atoms with Gasteiger partial charge in [0.25, 0.3) is 0 Å². The fourth-order valence-electron chi connectivity index (χ4n) is 2.90. The maximum Gasteiger partial charge on any atom is 0.329 e. The van der Waals surface area contributed by atoms with Crippen molar-refractivity contribution in [2.45, 2.75) is 27.4 Å². The average molecular weight is 415 g/mol. The highest BCUT2D eigenvalue weighted by atomic mass is 16.5. The summed E-state index contributed by atoms with van der Waals surface area (Å²) in [6, 6.07) is 21.1. The fraction of sp³-hybridized carbons (Fsp3) is 0.160. The Balaban J connectivity index is 1.49. The van der Waals surface area contributed by atoms with Crippen molar-refractivity contribution < 1.29 is 14.3 Å². The first-order valence-electron chi connectivity index (χ1n) is 9.91. The molecule has 0 atom stereocenters. The van der Waals surface area contributed by atoms with Crippen LogP contribution in [0.4, 0.5) is 5.69 Å². The molecule has 3 aromatic carbocycles. The van der Waals surface area contributed by atoms with Gasteiger partial charge in [0.1, 0.15) is 12.4 Å². The van der Waals surface area contributed by atoms with Crippen molar-refractivity contribution in [3.63, 3.8) is 0 Å². The van der Waals surface area contributed by atoms with Crippen LogP contribution in [0, 0.1) is 20.8 Å². The van der Waals surface area contributed by atoms with Crippen LogP contribution in [0.1, 0.15) is 27.8 Å². The van der Waals surface area contributed by atoms with Crippen LogP contribution in [-0.2, 0) is 16.2 Å². The molecule has 0 saturated heterocycles. The van der Waals surface area contributed by atoms with Crippen molar-refractivity contribution in [1.29, 1.82) is 0 Å². The van der Waals surface area contributed by atoms with Crippen LogP contribution in [-0.4, -0.2) is 18.0 Å². The summed E-state index contributed by atoms with van der Waals surface area (Å²) in [5, 5.41) is 6.48. The summed E-state index contributed by atoms with van der Waals surface area (Å²) in [6.45, 7) is 6.27. The number of hydrogen-bond acceptors (Lipinski definition) is 4. The standard InChI is InChI=1S/C25H25N3O3/c1-17-7-9-21(10-8-17)16-31-22-13-11-20(12-14-22)15-26-28-25(30)24(29)27-23-18(2)5-4-6-19(23)3/h4-15H,16H2,1-3H3,(H,27,29)(H,28,30)/b26-15+. The maximum atomic E-state index is 12.1. The molecule has 0 heterocycles. The molecule has 0 aromatic heterocycles. The van der Waals surface area contributed by atoms with Gasteiger partial charge in [0.05, 0.1) is 6.21 Å². The van der Waals surface area contributed by atoms with E-state index in [2.05, 4.69) is 28.0 Å². The molecule has 0 aliphatic rings. The van der Waals surface area contributed by atoms with Gasteiger partial charge in [-0.05, 0) is 67.3 Å². The Morgan fingerprint density at radius 3 is 2.16 bits per heavy atom. The van der Waals surface area contributed by atoms with E-state index in [1.165, 1.54) is 11.8 Å². The van der Waals surface area contributed by atoms with Crippen molar-refractivity contribution in [1.82, 2.24) is 5.43 Å². The van der Waals surface area contributed by atoms with Crippen molar-refractivity contribution in [3.05, 3.63) is 94.5 Å². The molecule has 2 amide bonds. The van der Waals surface area contributed by atoms with Gasteiger partial charge in [0.2, 0.25) is 0 Å². The number of hydrogen-bond donors (Lipinski definition) is 2. The number of aryl methyl sites for hydroxylation is 3. The molecule has 6 nitrogen and oxygen atoms in total. The second-order valence-electron chi connectivity index (χ2n) is 7.26. The van der Waals surface area contributed by atoms with E-state index in [-0.39, 0.29) is 0 Å². The van der Waals surface area contributed by atoms with Crippen LogP contribution in [0.3, 0.4) is 0 Å². The maximum absolute atomic E-state index is 12.1. The van der Waals surface area contributed by atoms with Gasteiger partial charge in [-0.1, -0.05) is 48.0 Å². The van der Waals surface area contributed by atoms with Crippen molar-refractivity contribution >= 4 is 23.7 Å². The van der Waals surface area contributed by atoms with Gasteiger partial charge in [-0.15, -0.1) is 0 Å². The zero-order valence-corrected chi connectivity index (χ0v) is 17.8. The molecule has 3 rings (SSSR count). The van der Waals surface area contributed by atoms with E-state index >= 15 is 0 Å². The van der Waals surface area contributed by atoms with Crippen molar-refractivity contribution in [3.8, 4) is 5.75 Å². The molecule has 2 N–H and O–H groups in total. The highest BCUT2D eigenvalue weighted by Gasteiger charge is 2.15. The molecule has 3 aromatic rings. The lowest BCUT2D eigenvalue weighted by Crippen LogP contribution is -2.32. The van der Waals surface area contributed by atoms with Crippen LogP contribution in [0.2, 0.25) is 0 Å². The molecule has 158 valence electrons. The lowest BCUT2D eigenvalue weighted by molar-refractivity contribution is -0.136. The number of carbonyl (C=O) groups excluding carboxylic acids is 2. The summed E-state index contributed by atoms with van der Waals surface area (Å²) in [5.41, 5.74) is 7.71. The molecule has 0 saturated carbocycles. The zero-order chi connectivity index (χ0) is 22.2. The Morgan fingerprint density at radius 2 is 1.52 bits per heavy atom. The molecule has 6 heteroatoms. The van der Waals surface area contributed by atoms with E-state index in [1.807, 2.05) is 75.4 Å². The summed E-state index contributed by atoms with van der Waals surface area (Å²) >= 11 is 0. The summed E-state index contributed by atoms with van der Waals surface area (Å²) in [7, 11) is 0. The number of para-hydroxylation sites is 1. The molecule has 31 heavy (non-hydrogen) atoms. The van der Waals surface area contributed by atoms with Gasteiger partial charge < -0.3 is 10.1 Å². The summed E-state index contributed by atoms with van der Waals surface area (Å²) in [5.74, 6) is -0.874. The first-order chi connectivity index (χ1) is 14.9. The Kier molecular flexibility index (Phi) is 7.17. The summed E-state index contributed by atoms with van der Waals surface area (Å²) in [4.78, 5) is 24.1. The second kappa shape index (κ2) is 10.2. The first kappa shape index (κ1) is 21.8. The third-order valence-corrected chi connectivity index (χ3v) is 4.71. The molecular weight excluding hydrogens is 390 g/mol. The third-order valence-electron chi connectivity index (χ3n) is 4.71. The number of rotatable bonds is 6. The SMILES string of the molecule is Cc1ccc(COc2ccc(/C=N/NC(=O)C(=O)Nc3c(C)cccc3C)cc2)cc1. The van der Waals surface area contributed by atoms with E-state index in [1.54, 1.807) is 0 Å². The highest BCUT2D eigenvalue weighted by Crippen LogP contribution is 2.19. The fourth-order valence-corrected chi connectivity index (χ4v) is 2.90. The molecule has 0 spiro atoms. The monoisotopic (exact) mass is 415 g/mol. The molecule has 0 unspecified atom stereocenters. The number of nitrogens with one attached hydrogen (secondary N) is 2. The Bertz CT molecular complexity index is 1070. The molecule has 0 bridgehead atoms. The van der Waals surface area contributed by atoms with E-state index < -0.39 is 11.8 Å². The minimum atomic E-state index is -0.836. The van der Waals surface area contributed by atoms with Crippen LogP contribution in [0.25, 0.3) is 0 Å². The molecular formula is C25H25N3O3. The number of carbonyl (C=O) groups is 2.